The first-order chi connectivity index (χ1) is 13.3. The second-order valence-corrected chi connectivity index (χ2v) is 6.81. The lowest BCUT2D eigenvalue weighted by Gasteiger charge is -2.40. The standard InChI is InChI=1S/C21H20F3NO3/c1-28-19(27)20(16-5-3-2-4-6-16)11-13-25(14-12-20)18(26)15-7-9-17(10-8-15)21(22,23)24/h2-10H,11-14H2,1H3. The summed E-state index contributed by atoms with van der Waals surface area (Å²) in [6, 6.07) is 13.5. The zero-order valence-electron chi connectivity index (χ0n) is 15.3. The van der Waals surface area contributed by atoms with Gasteiger partial charge in [0.25, 0.3) is 5.91 Å². The van der Waals surface area contributed by atoms with Crippen LogP contribution in [-0.2, 0) is 21.1 Å². The van der Waals surface area contributed by atoms with Crippen LogP contribution in [0.25, 0.3) is 0 Å². The maximum Gasteiger partial charge on any atom is 0.416 e. The monoisotopic (exact) mass is 391 g/mol. The molecule has 0 N–H and O–H groups in total. The summed E-state index contributed by atoms with van der Waals surface area (Å²) < 4.78 is 43.1. The predicted octanol–water partition coefficient (Wildman–Crippen LogP) is 4.05. The maximum atomic E-state index is 12.7. The number of carbonyl (C=O) groups excluding carboxylic acids is 2. The van der Waals surface area contributed by atoms with Gasteiger partial charge in [0.2, 0.25) is 0 Å². The molecule has 1 fully saturated rings. The largest absolute Gasteiger partial charge is 0.468 e. The molecule has 1 saturated heterocycles. The van der Waals surface area contributed by atoms with Crippen molar-refractivity contribution in [3.63, 3.8) is 0 Å². The van der Waals surface area contributed by atoms with Crippen molar-refractivity contribution in [2.45, 2.75) is 24.4 Å². The lowest BCUT2D eigenvalue weighted by atomic mass is 9.72. The highest BCUT2D eigenvalue weighted by atomic mass is 19.4. The summed E-state index contributed by atoms with van der Waals surface area (Å²) >= 11 is 0. The van der Waals surface area contributed by atoms with Crippen LogP contribution >= 0.6 is 0 Å². The van der Waals surface area contributed by atoms with E-state index >= 15 is 0 Å². The Morgan fingerprint density at radius 3 is 2.04 bits per heavy atom. The summed E-state index contributed by atoms with van der Waals surface area (Å²) in [6.07, 6.45) is -3.67. The fraction of sp³-hybridized carbons (Fsp3) is 0.333. The van der Waals surface area contributed by atoms with Gasteiger partial charge >= 0.3 is 12.1 Å². The van der Waals surface area contributed by atoms with Gasteiger partial charge in [0.1, 0.15) is 0 Å². The van der Waals surface area contributed by atoms with Gasteiger partial charge in [-0.05, 0) is 42.7 Å². The smallest absolute Gasteiger partial charge is 0.416 e. The van der Waals surface area contributed by atoms with Crippen LogP contribution in [0.4, 0.5) is 13.2 Å². The summed E-state index contributed by atoms with van der Waals surface area (Å²) in [4.78, 5) is 26.8. The molecule has 148 valence electrons. The van der Waals surface area contributed by atoms with Crippen LogP contribution in [0, 0.1) is 0 Å². The van der Waals surface area contributed by atoms with Crippen molar-refractivity contribution in [3.8, 4) is 0 Å². The van der Waals surface area contributed by atoms with E-state index in [1.165, 1.54) is 19.2 Å². The molecule has 0 atom stereocenters. The minimum atomic E-state index is -4.44. The molecule has 2 aromatic carbocycles. The average molecular weight is 391 g/mol. The number of alkyl halides is 3. The van der Waals surface area contributed by atoms with Gasteiger partial charge in [0.05, 0.1) is 18.1 Å². The van der Waals surface area contributed by atoms with Gasteiger partial charge in [-0.2, -0.15) is 13.2 Å². The van der Waals surface area contributed by atoms with E-state index < -0.39 is 17.2 Å². The first-order valence-electron chi connectivity index (χ1n) is 8.88. The molecule has 0 aromatic heterocycles. The molecule has 4 nitrogen and oxygen atoms in total. The van der Waals surface area contributed by atoms with Crippen LogP contribution in [0.15, 0.2) is 54.6 Å². The van der Waals surface area contributed by atoms with Crippen molar-refractivity contribution < 1.29 is 27.5 Å². The van der Waals surface area contributed by atoms with E-state index in [0.717, 1.165) is 17.7 Å². The minimum Gasteiger partial charge on any atom is -0.468 e. The number of amides is 1. The zero-order valence-corrected chi connectivity index (χ0v) is 15.3. The zero-order chi connectivity index (χ0) is 20.4. The van der Waals surface area contributed by atoms with Gasteiger partial charge in [0, 0.05) is 18.7 Å². The predicted molar refractivity (Wildman–Crippen MR) is 96.7 cm³/mol. The molecule has 1 aliphatic heterocycles. The van der Waals surface area contributed by atoms with E-state index in [1.54, 1.807) is 4.90 Å². The number of methoxy groups -OCH3 is 1. The highest BCUT2D eigenvalue weighted by Crippen LogP contribution is 2.37. The Kier molecular flexibility index (Phi) is 5.45. The van der Waals surface area contributed by atoms with Gasteiger partial charge in [-0.15, -0.1) is 0 Å². The molecule has 28 heavy (non-hydrogen) atoms. The number of halogens is 3. The third kappa shape index (κ3) is 3.74. The number of piperidine rings is 1. The lowest BCUT2D eigenvalue weighted by Crippen LogP contribution is -2.49. The Morgan fingerprint density at radius 2 is 1.54 bits per heavy atom. The SMILES string of the molecule is COC(=O)C1(c2ccccc2)CCN(C(=O)c2ccc(C(F)(F)F)cc2)CC1. The third-order valence-electron chi connectivity index (χ3n) is 5.27. The Labute approximate surface area is 160 Å². The lowest BCUT2D eigenvalue weighted by molar-refractivity contribution is -0.149. The van der Waals surface area contributed by atoms with Crippen LogP contribution < -0.4 is 0 Å². The fourth-order valence-electron chi connectivity index (χ4n) is 3.64. The van der Waals surface area contributed by atoms with Gasteiger partial charge in [0.15, 0.2) is 0 Å². The summed E-state index contributed by atoms with van der Waals surface area (Å²) in [5, 5.41) is 0. The molecule has 7 heteroatoms. The van der Waals surface area contributed by atoms with E-state index in [2.05, 4.69) is 0 Å². The number of likely N-dealkylation sites (tertiary alicyclic amines) is 1. The van der Waals surface area contributed by atoms with Crippen LogP contribution in [0.3, 0.4) is 0 Å². The average Bonchev–Trinajstić information content (AvgIpc) is 2.73. The molecule has 1 heterocycles. The number of benzene rings is 2. The summed E-state index contributed by atoms with van der Waals surface area (Å²) in [6.45, 7) is 0.619. The highest BCUT2D eigenvalue weighted by Gasteiger charge is 2.44. The molecule has 1 amide bonds. The fourth-order valence-corrected chi connectivity index (χ4v) is 3.64. The van der Waals surface area contributed by atoms with Gasteiger partial charge < -0.3 is 9.64 Å². The normalized spacial score (nSPS) is 16.5. The first kappa shape index (κ1) is 19.9. The maximum absolute atomic E-state index is 12.7. The highest BCUT2D eigenvalue weighted by molar-refractivity contribution is 5.94. The number of nitrogens with zero attached hydrogens (tertiary/aromatic N) is 1. The number of ether oxygens (including phenoxy) is 1. The minimum absolute atomic E-state index is 0.193. The van der Waals surface area contributed by atoms with Crippen LogP contribution in [-0.4, -0.2) is 37.0 Å². The van der Waals surface area contributed by atoms with Crippen molar-refractivity contribution >= 4 is 11.9 Å². The number of esters is 1. The molecule has 3 rings (SSSR count). The molecule has 1 aliphatic rings. The Balaban J connectivity index is 1.76. The van der Waals surface area contributed by atoms with Gasteiger partial charge in [-0.3, -0.25) is 9.59 Å². The summed E-state index contributed by atoms with van der Waals surface area (Å²) in [5.41, 5.74) is -0.592. The molecule has 0 radical (unpaired) electrons. The van der Waals surface area contributed by atoms with Crippen LogP contribution in [0.5, 0.6) is 0 Å². The van der Waals surface area contributed by atoms with Crippen molar-refractivity contribution in [1.82, 2.24) is 4.90 Å². The van der Waals surface area contributed by atoms with Crippen molar-refractivity contribution in [1.29, 1.82) is 0 Å². The molecular formula is C21H20F3NO3. The van der Waals surface area contributed by atoms with E-state index in [9.17, 15) is 22.8 Å². The number of hydrogen-bond acceptors (Lipinski definition) is 3. The third-order valence-corrected chi connectivity index (χ3v) is 5.27. The van der Waals surface area contributed by atoms with Crippen molar-refractivity contribution in [2.75, 3.05) is 20.2 Å². The van der Waals surface area contributed by atoms with Gasteiger partial charge in [-0.25, -0.2) is 0 Å². The first-order valence-corrected chi connectivity index (χ1v) is 8.88. The second-order valence-electron chi connectivity index (χ2n) is 6.81. The van der Waals surface area contributed by atoms with E-state index in [0.29, 0.717) is 25.9 Å². The topological polar surface area (TPSA) is 46.6 Å². The second kappa shape index (κ2) is 7.66. The van der Waals surface area contributed by atoms with Crippen molar-refractivity contribution in [3.05, 3.63) is 71.3 Å². The number of carbonyl (C=O) groups is 2. The Bertz CT molecular complexity index is 839. The van der Waals surface area contributed by atoms with E-state index in [-0.39, 0.29) is 17.4 Å². The molecule has 2 aromatic rings. The van der Waals surface area contributed by atoms with E-state index in [4.69, 9.17) is 4.74 Å². The Hall–Kier alpha value is -2.83. The van der Waals surface area contributed by atoms with Crippen LogP contribution in [0.2, 0.25) is 0 Å². The van der Waals surface area contributed by atoms with E-state index in [1.807, 2.05) is 30.3 Å². The quantitative estimate of drug-likeness (QED) is 0.742. The summed E-state index contributed by atoms with van der Waals surface area (Å²) in [7, 11) is 1.34. The Morgan fingerprint density at radius 1 is 0.964 bits per heavy atom. The molecule has 0 aliphatic carbocycles. The molecule has 0 unspecified atom stereocenters. The summed E-state index contributed by atoms with van der Waals surface area (Å²) in [5.74, 6) is -0.694. The van der Waals surface area contributed by atoms with Crippen LogP contribution in [0.1, 0.15) is 34.3 Å². The van der Waals surface area contributed by atoms with Gasteiger partial charge in [-0.1, -0.05) is 30.3 Å². The van der Waals surface area contributed by atoms with Crippen molar-refractivity contribution in [2.24, 2.45) is 0 Å². The molecular weight excluding hydrogens is 371 g/mol. The molecule has 0 saturated carbocycles. The number of hydrogen-bond donors (Lipinski definition) is 0. The molecule has 0 spiro atoms. The number of rotatable bonds is 3. The molecule has 0 bridgehead atoms.